The lowest BCUT2D eigenvalue weighted by Crippen LogP contribution is -2.50. The van der Waals surface area contributed by atoms with E-state index in [0.717, 1.165) is 27.8 Å². The molecule has 4 aromatic rings. The number of fused-ring (bicyclic) bond motifs is 2. The zero-order chi connectivity index (χ0) is 21.4. The quantitative estimate of drug-likeness (QED) is 0.446. The Balaban J connectivity index is 1.48. The van der Waals surface area contributed by atoms with Crippen LogP contribution < -0.4 is 5.32 Å². The van der Waals surface area contributed by atoms with Gasteiger partial charge in [0.15, 0.2) is 5.78 Å². The molecule has 6 rings (SSSR count). The van der Waals surface area contributed by atoms with E-state index in [-0.39, 0.29) is 17.0 Å². The van der Waals surface area contributed by atoms with Gasteiger partial charge in [-0.3, -0.25) is 4.79 Å². The van der Waals surface area contributed by atoms with Crippen LogP contribution in [-0.4, -0.2) is 15.3 Å². The Kier molecular flexibility index (Phi) is 3.45. The van der Waals surface area contributed by atoms with E-state index >= 15 is 0 Å². The van der Waals surface area contributed by atoms with Gasteiger partial charge >= 0.3 is 0 Å². The number of rotatable bonds is 2. The fourth-order valence-electron chi connectivity index (χ4n) is 5.04. The van der Waals surface area contributed by atoms with Crippen LogP contribution in [0.1, 0.15) is 40.9 Å². The second-order valence-corrected chi connectivity index (χ2v) is 8.78. The molecule has 2 aliphatic heterocycles. The molecule has 1 spiro atoms. The van der Waals surface area contributed by atoms with E-state index in [1.54, 1.807) is 0 Å². The van der Waals surface area contributed by atoms with E-state index in [0.29, 0.717) is 11.1 Å². The molecule has 0 aliphatic carbocycles. The first-order valence-electron chi connectivity index (χ1n) is 10.3. The van der Waals surface area contributed by atoms with Gasteiger partial charge in [0.25, 0.3) is 0 Å². The molecule has 0 radical (unpaired) electrons. The Morgan fingerprint density at radius 3 is 2.61 bits per heavy atom. The van der Waals surface area contributed by atoms with E-state index in [2.05, 4.69) is 46.9 Å². The van der Waals surface area contributed by atoms with Gasteiger partial charge < -0.3 is 9.88 Å². The molecule has 1 atom stereocenters. The summed E-state index contributed by atoms with van der Waals surface area (Å²) in [6.07, 6.45) is 6.23. The third-order valence-corrected chi connectivity index (χ3v) is 6.82. The predicted octanol–water partition coefficient (Wildman–Crippen LogP) is 5.49. The number of nitrogens with zero attached hydrogens (tertiary/aromatic N) is 2. The number of anilines is 1. The standard InChI is InChI=1S/C26H20FN3O/c1-25(2)20-14-18(24(31)17-6-9-19(27)10-7-17)8-11-21(20)29-26(25)13-12-16-4-3-5-22-23(16)30(26)15-28-22/h3-15,29H,1-2H3. The van der Waals surface area contributed by atoms with E-state index < -0.39 is 5.66 Å². The summed E-state index contributed by atoms with van der Waals surface area (Å²) in [6.45, 7) is 4.37. The molecule has 1 unspecified atom stereocenters. The number of carbonyl (C=O) groups is 1. The van der Waals surface area contributed by atoms with Gasteiger partial charge in [0, 0.05) is 27.8 Å². The molecule has 0 amide bonds. The molecule has 31 heavy (non-hydrogen) atoms. The zero-order valence-electron chi connectivity index (χ0n) is 17.2. The average Bonchev–Trinajstić information content (AvgIpc) is 3.30. The van der Waals surface area contributed by atoms with Crippen molar-refractivity contribution in [1.29, 1.82) is 0 Å². The molecule has 4 nitrogen and oxygen atoms in total. The summed E-state index contributed by atoms with van der Waals surface area (Å²) >= 11 is 0. The van der Waals surface area contributed by atoms with Crippen LogP contribution in [0, 0.1) is 5.82 Å². The Labute approximate surface area is 179 Å². The molecule has 0 saturated heterocycles. The van der Waals surface area contributed by atoms with Crippen molar-refractivity contribution in [1.82, 2.24) is 9.55 Å². The van der Waals surface area contributed by atoms with Gasteiger partial charge in [0.05, 0.1) is 17.4 Å². The summed E-state index contributed by atoms with van der Waals surface area (Å²) in [6, 6.07) is 17.6. The number of imidazole rings is 1. The molecule has 3 aromatic carbocycles. The highest BCUT2D eigenvalue weighted by Crippen LogP contribution is 2.53. The molecule has 0 saturated carbocycles. The molecule has 5 heteroatoms. The molecular formula is C26H20FN3O. The summed E-state index contributed by atoms with van der Waals surface area (Å²) in [5.41, 5.74) is 5.42. The van der Waals surface area contributed by atoms with Crippen LogP contribution in [0.3, 0.4) is 0 Å². The average molecular weight is 409 g/mol. The second-order valence-electron chi connectivity index (χ2n) is 8.78. The first-order chi connectivity index (χ1) is 14.9. The van der Waals surface area contributed by atoms with Gasteiger partial charge in [-0.05, 0) is 60.2 Å². The number of carbonyl (C=O) groups excluding carboxylic acids is 1. The maximum atomic E-state index is 13.3. The summed E-state index contributed by atoms with van der Waals surface area (Å²) in [4.78, 5) is 17.7. The smallest absolute Gasteiger partial charge is 0.193 e. The van der Waals surface area contributed by atoms with Gasteiger partial charge in [-0.1, -0.05) is 32.1 Å². The third kappa shape index (κ3) is 2.29. The van der Waals surface area contributed by atoms with Crippen molar-refractivity contribution in [2.75, 3.05) is 5.32 Å². The molecule has 0 fully saturated rings. The number of halogens is 1. The lowest BCUT2D eigenvalue weighted by Gasteiger charge is -2.42. The van der Waals surface area contributed by atoms with Gasteiger partial charge in [0.1, 0.15) is 11.5 Å². The SMILES string of the molecule is CC1(C)c2cc(C(=O)c3ccc(F)cc3)ccc2NC12C=Cc1cccc3ncn2c13. The minimum atomic E-state index is -0.532. The van der Waals surface area contributed by atoms with Crippen LogP contribution in [0.25, 0.3) is 17.1 Å². The normalized spacial score (nSPS) is 20.1. The first kappa shape index (κ1) is 18.1. The highest BCUT2D eigenvalue weighted by molar-refractivity contribution is 6.09. The largest absolute Gasteiger partial charge is 0.358 e. The summed E-state index contributed by atoms with van der Waals surface area (Å²) in [5, 5.41) is 3.72. The monoisotopic (exact) mass is 409 g/mol. The van der Waals surface area contributed by atoms with Crippen molar-refractivity contribution in [2.24, 2.45) is 0 Å². The highest BCUT2D eigenvalue weighted by atomic mass is 19.1. The maximum absolute atomic E-state index is 13.3. The van der Waals surface area contributed by atoms with E-state index in [9.17, 15) is 9.18 Å². The molecule has 2 aliphatic rings. The van der Waals surface area contributed by atoms with Gasteiger partial charge in [0.2, 0.25) is 0 Å². The Morgan fingerprint density at radius 1 is 1.03 bits per heavy atom. The Hall–Kier alpha value is -3.73. The number of hydrogen-bond acceptors (Lipinski definition) is 3. The number of aromatic nitrogens is 2. The van der Waals surface area contributed by atoms with Crippen molar-refractivity contribution in [3.63, 3.8) is 0 Å². The topological polar surface area (TPSA) is 46.9 Å². The predicted molar refractivity (Wildman–Crippen MR) is 120 cm³/mol. The lowest BCUT2D eigenvalue weighted by atomic mass is 9.74. The van der Waals surface area contributed by atoms with Crippen LogP contribution in [0.2, 0.25) is 0 Å². The van der Waals surface area contributed by atoms with Gasteiger partial charge in [-0.25, -0.2) is 9.37 Å². The fourth-order valence-corrected chi connectivity index (χ4v) is 5.04. The minimum absolute atomic E-state index is 0.117. The van der Waals surface area contributed by atoms with Gasteiger partial charge in [-0.2, -0.15) is 0 Å². The summed E-state index contributed by atoms with van der Waals surface area (Å²) < 4.78 is 15.5. The van der Waals surface area contributed by atoms with Crippen molar-refractivity contribution >= 4 is 28.6 Å². The molecule has 1 N–H and O–H groups in total. The number of para-hydroxylation sites is 1. The fraction of sp³-hybridized carbons (Fsp3) is 0.154. The Morgan fingerprint density at radius 2 is 1.81 bits per heavy atom. The highest BCUT2D eigenvalue weighted by Gasteiger charge is 2.53. The van der Waals surface area contributed by atoms with E-state index in [1.807, 2.05) is 36.7 Å². The lowest BCUT2D eigenvalue weighted by molar-refractivity contribution is 0.103. The Bertz CT molecular complexity index is 1410. The molecule has 3 heterocycles. The van der Waals surface area contributed by atoms with E-state index in [1.165, 1.54) is 24.3 Å². The molecule has 152 valence electrons. The maximum Gasteiger partial charge on any atom is 0.193 e. The molecular weight excluding hydrogens is 389 g/mol. The van der Waals surface area contributed by atoms with Crippen LogP contribution in [-0.2, 0) is 11.1 Å². The van der Waals surface area contributed by atoms with Crippen molar-refractivity contribution in [3.8, 4) is 0 Å². The number of benzene rings is 3. The number of ketones is 1. The molecule has 0 bridgehead atoms. The van der Waals surface area contributed by atoms with E-state index in [4.69, 9.17) is 0 Å². The number of hydrogen-bond donors (Lipinski definition) is 1. The summed E-state index contributed by atoms with van der Waals surface area (Å²) in [7, 11) is 0. The third-order valence-electron chi connectivity index (χ3n) is 6.82. The number of nitrogens with one attached hydrogen (secondary N) is 1. The van der Waals surface area contributed by atoms with Crippen molar-refractivity contribution in [3.05, 3.63) is 101 Å². The van der Waals surface area contributed by atoms with Crippen LogP contribution in [0.5, 0.6) is 0 Å². The second kappa shape index (κ2) is 5.91. The van der Waals surface area contributed by atoms with Crippen LogP contribution in [0.4, 0.5) is 10.1 Å². The summed E-state index contributed by atoms with van der Waals surface area (Å²) in [5.74, 6) is -0.470. The van der Waals surface area contributed by atoms with Crippen molar-refractivity contribution < 1.29 is 9.18 Å². The minimum Gasteiger partial charge on any atom is -0.358 e. The van der Waals surface area contributed by atoms with Crippen LogP contribution >= 0.6 is 0 Å². The van der Waals surface area contributed by atoms with Gasteiger partial charge in [-0.15, -0.1) is 0 Å². The van der Waals surface area contributed by atoms with Crippen LogP contribution in [0.15, 0.2) is 73.1 Å². The zero-order valence-corrected chi connectivity index (χ0v) is 17.2. The van der Waals surface area contributed by atoms with Crippen molar-refractivity contribution in [2.45, 2.75) is 24.9 Å². The molecule has 1 aromatic heterocycles. The first-order valence-corrected chi connectivity index (χ1v) is 10.3.